The fourth-order valence-corrected chi connectivity index (χ4v) is 5.29. The fraction of sp³-hybridized carbons (Fsp3) is 0.310. The van der Waals surface area contributed by atoms with E-state index in [-0.39, 0.29) is 28.7 Å². The van der Waals surface area contributed by atoms with Gasteiger partial charge in [0.2, 0.25) is 11.8 Å². The van der Waals surface area contributed by atoms with Crippen molar-refractivity contribution in [2.24, 2.45) is 0 Å². The molecule has 0 saturated carbocycles. The van der Waals surface area contributed by atoms with Crippen LogP contribution in [0.25, 0.3) is 0 Å². The lowest BCUT2D eigenvalue weighted by Crippen LogP contribution is -2.52. The van der Waals surface area contributed by atoms with Gasteiger partial charge in [-0.1, -0.05) is 43.3 Å². The van der Waals surface area contributed by atoms with Crippen molar-refractivity contribution < 1.29 is 27.1 Å². The number of halogens is 1. The third-order valence-corrected chi connectivity index (χ3v) is 8.23. The van der Waals surface area contributed by atoms with Crippen LogP contribution in [-0.2, 0) is 26.2 Å². The van der Waals surface area contributed by atoms with Gasteiger partial charge in [0, 0.05) is 18.2 Å². The van der Waals surface area contributed by atoms with Crippen LogP contribution in [0.4, 0.5) is 10.1 Å². The first-order valence-electron chi connectivity index (χ1n) is 12.6. The average molecular weight is 556 g/mol. The molecule has 0 saturated heterocycles. The molecular formula is C29H34FN3O5S. The molecule has 0 spiro atoms. The zero-order chi connectivity index (χ0) is 28.6. The molecule has 1 N–H and O–H groups in total. The number of benzene rings is 3. The molecule has 0 radical (unpaired) electrons. The Labute approximate surface area is 229 Å². The highest BCUT2D eigenvalue weighted by Gasteiger charge is 2.33. The summed E-state index contributed by atoms with van der Waals surface area (Å²) in [6, 6.07) is 18.8. The first-order valence-corrected chi connectivity index (χ1v) is 14.1. The Balaban J connectivity index is 2.02. The van der Waals surface area contributed by atoms with Crippen molar-refractivity contribution in [2.75, 3.05) is 18.0 Å². The van der Waals surface area contributed by atoms with E-state index in [1.165, 1.54) is 54.5 Å². The highest BCUT2D eigenvalue weighted by Crippen LogP contribution is 2.26. The number of nitrogens with zero attached hydrogens (tertiary/aromatic N) is 2. The van der Waals surface area contributed by atoms with Gasteiger partial charge in [0.1, 0.15) is 24.2 Å². The number of nitrogens with one attached hydrogen (secondary N) is 1. The van der Waals surface area contributed by atoms with Crippen LogP contribution in [0.3, 0.4) is 0 Å². The fourth-order valence-electron chi connectivity index (χ4n) is 3.86. The molecule has 3 rings (SSSR count). The van der Waals surface area contributed by atoms with Gasteiger partial charge in [-0.25, -0.2) is 12.8 Å². The first-order chi connectivity index (χ1) is 18.6. The maximum absolute atomic E-state index is 14.6. The lowest BCUT2D eigenvalue weighted by molar-refractivity contribution is -0.139. The Kier molecular flexibility index (Phi) is 10.1. The summed E-state index contributed by atoms with van der Waals surface area (Å²) in [6.07, 6.45) is 0.681. The third kappa shape index (κ3) is 7.35. The molecule has 208 valence electrons. The number of hydrogen-bond acceptors (Lipinski definition) is 5. The summed E-state index contributed by atoms with van der Waals surface area (Å²) < 4.78 is 48.2. The van der Waals surface area contributed by atoms with Crippen molar-refractivity contribution in [1.82, 2.24) is 10.2 Å². The number of sulfonamides is 1. The van der Waals surface area contributed by atoms with Crippen molar-refractivity contribution >= 4 is 27.5 Å². The van der Waals surface area contributed by atoms with Crippen LogP contribution in [0.2, 0.25) is 0 Å². The van der Waals surface area contributed by atoms with Gasteiger partial charge in [-0.15, -0.1) is 0 Å². The lowest BCUT2D eigenvalue weighted by Gasteiger charge is -2.32. The highest BCUT2D eigenvalue weighted by molar-refractivity contribution is 7.92. The highest BCUT2D eigenvalue weighted by atomic mass is 32.2. The van der Waals surface area contributed by atoms with Gasteiger partial charge in [0.15, 0.2) is 0 Å². The third-order valence-electron chi connectivity index (χ3n) is 6.44. The van der Waals surface area contributed by atoms with Gasteiger partial charge in [0.25, 0.3) is 10.0 Å². The molecule has 8 nitrogen and oxygen atoms in total. The molecule has 0 aromatic heterocycles. The smallest absolute Gasteiger partial charge is 0.264 e. The number of amides is 2. The van der Waals surface area contributed by atoms with E-state index >= 15 is 0 Å². The SMILES string of the molecule is CC[C@@H](C)NC(=O)[C@@H](C)N(Cc1ccccc1F)C(=O)CN(c1ccc(OC)cc1)S(=O)(=O)c1ccccc1. The molecule has 0 aliphatic carbocycles. The van der Waals surface area contributed by atoms with Gasteiger partial charge in [-0.05, 0) is 62.7 Å². The van der Waals surface area contributed by atoms with E-state index in [1.54, 1.807) is 43.3 Å². The zero-order valence-corrected chi connectivity index (χ0v) is 23.3. The van der Waals surface area contributed by atoms with Gasteiger partial charge < -0.3 is 15.0 Å². The maximum atomic E-state index is 14.6. The second-order valence-electron chi connectivity index (χ2n) is 9.13. The van der Waals surface area contributed by atoms with Crippen molar-refractivity contribution in [3.05, 3.63) is 90.2 Å². The summed E-state index contributed by atoms with van der Waals surface area (Å²) in [5, 5.41) is 2.85. The van der Waals surface area contributed by atoms with E-state index in [2.05, 4.69) is 5.32 Å². The number of ether oxygens (including phenoxy) is 1. The monoisotopic (exact) mass is 555 g/mol. The van der Waals surface area contributed by atoms with Crippen molar-refractivity contribution in [3.8, 4) is 5.75 Å². The van der Waals surface area contributed by atoms with Gasteiger partial charge in [-0.2, -0.15) is 0 Å². The normalized spacial score (nSPS) is 12.7. The molecule has 2 amide bonds. The molecule has 39 heavy (non-hydrogen) atoms. The molecule has 3 aromatic rings. The average Bonchev–Trinajstić information content (AvgIpc) is 2.95. The number of carbonyl (C=O) groups excluding carboxylic acids is 2. The standard InChI is InChI=1S/C29H34FN3O5S/c1-5-21(2)31-29(35)22(3)32(19-23-11-9-10-14-27(23)30)28(34)20-33(24-15-17-25(38-4)18-16-24)39(36,37)26-12-7-6-8-13-26/h6-18,21-22H,5,19-20H2,1-4H3,(H,31,35)/t21-,22-/m1/s1. The number of hydrogen-bond donors (Lipinski definition) is 1. The summed E-state index contributed by atoms with van der Waals surface area (Å²) >= 11 is 0. The number of carbonyl (C=O) groups is 2. The first kappa shape index (κ1) is 29.6. The minimum atomic E-state index is -4.18. The van der Waals surface area contributed by atoms with Crippen LogP contribution >= 0.6 is 0 Å². The summed E-state index contributed by atoms with van der Waals surface area (Å²) in [5.41, 5.74) is 0.437. The molecule has 0 heterocycles. The van der Waals surface area contributed by atoms with E-state index in [0.717, 1.165) is 4.31 Å². The maximum Gasteiger partial charge on any atom is 0.264 e. The van der Waals surface area contributed by atoms with Crippen molar-refractivity contribution in [2.45, 2.75) is 50.7 Å². The molecule has 0 aliphatic rings. The van der Waals surface area contributed by atoms with Crippen LogP contribution in [-0.4, -0.2) is 50.9 Å². The molecule has 0 unspecified atom stereocenters. The van der Waals surface area contributed by atoms with Crippen LogP contribution in [0.1, 0.15) is 32.8 Å². The van der Waals surface area contributed by atoms with Crippen LogP contribution in [0.15, 0.2) is 83.8 Å². The summed E-state index contributed by atoms with van der Waals surface area (Å²) in [6.45, 7) is 4.46. The van der Waals surface area contributed by atoms with Crippen molar-refractivity contribution in [1.29, 1.82) is 0 Å². The molecule has 10 heteroatoms. The second kappa shape index (κ2) is 13.2. The number of anilines is 1. The Morgan fingerprint density at radius 2 is 1.56 bits per heavy atom. The minimum Gasteiger partial charge on any atom is -0.497 e. The molecule has 2 atom stereocenters. The quantitative estimate of drug-likeness (QED) is 0.358. The Morgan fingerprint density at radius 3 is 2.15 bits per heavy atom. The largest absolute Gasteiger partial charge is 0.497 e. The van der Waals surface area contributed by atoms with Gasteiger partial charge >= 0.3 is 0 Å². The molecule has 3 aromatic carbocycles. The van der Waals surface area contributed by atoms with Crippen LogP contribution < -0.4 is 14.4 Å². The number of methoxy groups -OCH3 is 1. The second-order valence-corrected chi connectivity index (χ2v) is 11.0. The Bertz CT molecular complexity index is 1370. The van der Waals surface area contributed by atoms with E-state index in [1.807, 2.05) is 13.8 Å². The summed E-state index contributed by atoms with van der Waals surface area (Å²) in [5.74, 6) is -1.11. The van der Waals surface area contributed by atoms with Gasteiger partial charge in [0.05, 0.1) is 17.7 Å². The van der Waals surface area contributed by atoms with E-state index in [9.17, 15) is 22.4 Å². The topological polar surface area (TPSA) is 96.0 Å². The van der Waals surface area contributed by atoms with E-state index < -0.39 is 40.2 Å². The summed E-state index contributed by atoms with van der Waals surface area (Å²) in [4.78, 5) is 28.1. The molecule has 0 fully saturated rings. The lowest BCUT2D eigenvalue weighted by atomic mass is 10.1. The summed E-state index contributed by atoms with van der Waals surface area (Å²) in [7, 11) is -2.69. The number of rotatable bonds is 12. The minimum absolute atomic E-state index is 0.00293. The van der Waals surface area contributed by atoms with Crippen LogP contribution in [0, 0.1) is 5.82 Å². The van der Waals surface area contributed by atoms with E-state index in [4.69, 9.17) is 4.74 Å². The van der Waals surface area contributed by atoms with Crippen molar-refractivity contribution in [3.63, 3.8) is 0 Å². The molecule has 0 aliphatic heterocycles. The predicted octanol–water partition coefficient (Wildman–Crippen LogP) is 4.36. The molecule has 0 bridgehead atoms. The zero-order valence-electron chi connectivity index (χ0n) is 22.5. The van der Waals surface area contributed by atoms with E-state index in [0.29, 0.717) is 12.2 Å². The Morgan fingerprint density at radius 1 is 0.949 bits per heavy atom. The van der Waals surface area contributed by atoms with Crippen LogP contribution in [0.5, 0.6) is 5.75 Å². The van der Waals surface area contributed by atoms with Gasteiger partial charge in [-0.3, -0.25) is 13.9 Å². The molecular weight excluding hydrogens is 521 g/mol. The predicted molar refractivity (Wildman–Crippen MR) is 148 cm³/mol. The Hall–Kier alpha value is -3.92.